The van der Waals surface area contributed by atoms with Gasteiger partial charge in [-0.15, -0.1) is 11.8 Å². The molecule has 3 rings (SSSR count). The van der Waals surface area contributed by atoms with Gasteiger partial charge in [-0.05, 0) is 55.0 Å². The first-order chi connectivity index (χ1) is 15.9. The highest BCUT2D eigenvalue weighted by Crippen LogP contribution is 2.31. The summed E-state index contributed by atoms with van der Waals surface area (Å²) in [6.07, 6.45) is 0.628. The second-order valence-corrected chi connectivity index (χ2v) is 8.72. The molecule has 8 heteroatoms. The standard InChI is InChI=1S/C25H25ClN2O4S/c1-4-23(25(30)28-20-11-6-5-10-19(20)26)33-18-9-7-8-17(15-18)27-24(29)16-12-13-21(31-2)22(14-16)32-3/h5-15,23H,4H2,1-3H3,(H,27,29)(H,28,30). The van der Waals surface area contributed by atoms with Crippen LogP contribution in [0, 0.1) is 0 Å². The zero-order valence-corrected chi connectivity index (χ0v) is 20.1. The van der Waals surface area contributed by atoms with E-state index in [2.05, 4.69) is 10.6 Å². The van der Waals surface area contributed by atoms with Gasteiger partial charge in [0.15, 0.2) is 11.5 Å². The van der Waals surface area contributed by atoms with Gasteiger partial charge in [0.1, 0.15) is 0 Å². The van der Waals surface area contributed by atoms with E-state index in [1.165, 1.54) is 18.9 Å². The van der Waals surface area contributed by atoms with E-state index >= 15 is 0 Å². The Balaban J connectivity index is 1.69. The number of carbonyl (C=O) groups is 2. The van der Waals surface area contributed by atoms with E-state index in [1.807, 2.05) is 37.3 Å². The van der Waals surface area contributed by atoms with Gasteiger partial charge in [0.2, 0.25) is 5.91 Å². The maximum absolute atomic E-state index is 12.8. The van der Waals surface area contributed by atoms with E-state index in [1.54, 1.807) is 43.5 Å². The number of methoxy groups -OCH3 is 2. The number of ether oxygens (including phenoxy) is 2. The molecule has 0 radical (unpaired) electrons. The van der Waals surface area contributed by atoms with Gasteiger partial charge in [0.25, 0.3) is 5.91 Å². The summed E-state index contributed by atoms with van der Waals surface area (Å²) in [4.78, 5) is 26.4. The number of rotatable bonds is 9. The van der Waals surface area contributed by atoms with Gasteiger partial charge < -0.3 is 20.1 Å². The molecule has 1 atom stereocenters. The lowest BCUT2D eigenvalue weighted by Crippen LogP contribution is -2.24. The van der Waals surface area contributed by atoms with Gasteiger partial charge in [-0.25, -0.2) is 0 Å². The second-order valence-electron chi connectivity index (χ2n) is 7.04. The third kappa shape index (κ3) is 6.43. The van der Waals surface area contributed by atoms with Crippen LogP contribution >= 0.6 is 23.4 Å². The number of hydrogen-bond acceptors (Lipinski definition) is 5. The molecule has 0 bridgehead atoms. The van der Waals surface area contributed by atoms with Crippen molar-refractivity contribution in [1.82, 2.24) is 0 Å². The van der Waals surface area contributed by atoms with Gasteiger partial charge in [0.05, 0.1) is 30.2 Å². The topological polar surface area (TPSA) is 76.7 Å². The summed E-state index contributed by atoms with van der Waals surface area (Å²) in [6.45, 7) is 1.95. The van der Waals surface area contributed by atoms with Crippen LogP contribution in [0.1, 0.15) is 23.7 Å². The smallest absolute Gasteiger partial charge is 0.255 e. The first kappa shape index (κ1) is 24.5. The van der Waals surface area contributed by atoms with Crippen LogP contribution in [0.4, 0.5) is 11.4 Å². The summed E-state index contributed by atoms with van der Waals surface area (Å²) in [5.74, 6) is 0.620. The van der Waals surface area contributed by atoms with Crippen molar-refractivity contribution in [3.63, 3.8) is 0 Å². The van der Waals surface area contributed by atoms with Crippen molar-refractivity contribution < 1.29 is 19.1 Å². The summed E-state index contributed by atoms with van der Waals surface area (Å²) < 4.78 is 10.5. The van der Waals surface area contributed by atoms with E-state index in [0.717, 1.165) is 4.90 Å². The predicted molar refractivity (Wildman–Crippen MR) is 134 cm³/mol. The molecule has 0 aliphatic rings. The molecule has 33 heavy (non-hydrogen) atoms. The van der Waals surface area contributed by atoms with E-state index in [-0.39, 0.29) is 17.1 Å². The highest BCUT2D eigenvalue weighted by atomic mass is 35.5. The monoisotopic (exact) mass is 484 g/mol. The second kappa shape index (κ2) is 11.6. The molecule has 0 fully saturated rings. The molecular weight excluding hydrogens is 460 g/mol. The van der Waals surface area contributed by atoms with Crippen LogP contribution in [-0.4, -0.2) is 31.3 Å². The molecule has 3 aromatic rings. The number of carbonyl (C=O) groups excluding carboxylic acids is 2. The number of thioether (sulfide) groups is 1. The van der Waals surface area contributed by atoms with Crippen molar-refractivity contribution in [2.75, 3.05) is 24.9 Å². The fraction of sp³-hybridized carbons (Fsp3) is 0.200. The van der Waals surface area contributed by atoms with Crippen LogP contribution in [0.5, 0.6) is 11.5 Å². The van der Waals surface area contributed by atoms with E-state index in [0.29, 0.717) is 39.9 Å². The predicted octanol–water partition coefficient (Wildman–Crippen LogP) is 6.12. The molecule has 0 spiro atoms. The average Bonchev–Trinajstić information content (AvgIpc) is 2.83. The molecule has 172 valence electrons. The van der Waals surface area contributed by atoms with Crippen molar-refractivity contribution >= 4 is 46.6 Å². The Morgan fingerprint density at radius 3 is 2.39 bits per heavy atom. The van der Waals surface area contributed by atoms with Gasteiger partial charge >= 0.3 is 0 Å². The minimum Gasteiger partial charge on any atom is -0.493 e. The summed E-state index contributed by atoms with van der Waals surface area (Å²) in [5, 5.41) is 5.94. The normalized spacial score (nSPS) is 11.4. The molecule has 0 saturated carbocycles. The van der Waals surface area contributed by atoms with Crippen LogP contribution in [0.2, 0.25) is 5.02 Å². The van der Waals surface area contributed by atoms with E-state index in [4.69, 9.17) is 21.1 Å². The Morgan fingerprint density at radius 1 is 0.939 bits per heavy atom. The number of para-hydroxylation sites is 1. The number of benzene rings is 3. The van der Waals surface area contributed by atoms with E-state index in [9.17, 15) is 9.59 Å². The molecular formula is C25H25ClN2O4S. The molecule has 0 saturated heterocycles. The van der Waals surface area contributed by atoms with Gasteiger partial charge in [-0.1, -0.05) is 36.7 Å². The van der Waals surface area contributed by atoms with Crippen molar-refractivity contribution in [2.45, 2.75) is 23.5 Å². The molecule has 2 amide bonds. The number of anilines is 2. The number of hydrogen-bond donors (Lipinski definition) is 2. The van der Waals surface area contributed by atoms with Gasteiger partial charge in [0, 0.05) is 16.1 Å². The number of halogens is 1. The average molecular weight is 485 g/mol. The van der Waals surface area contributed by atoms with Crippen LogP contribution < -0.4 is 20.1 Å². The molecule has 2 N–H and O–H groups in total. The molecule has 0 heterocycles. The van der Waals surface area contributed by atoms with Crippen molar-refractivity contribution in [3.05, 3.63) is 77.3 Å². The van der Waals surface area contributed by atoms with Gasteiger partial charge in [-0.3, -0.25) is 9.59 Å². The zero-order chi connectivity index (χ0) is 23.8. The Hall–Kier alpha value is -3.16. The summed E-state index contributed by atoms with van der Waals surface area (Å²) >= 11 is 7.58. The van der Waals surface area contributed by atoms with Crippen LogP contribution in [-0.2, 0) is 4.79 Å². The first-order valence-electron chi connectivity index (χ1n) is 10.3. The fourth-order valence-electron chi connectivity index (χ4n) is 3.09. The van der Waals surface area contributed by atoms with Crippen molar-refractivity contribution in [3.8, 4) is 11.5 Å². The third-order valence-electron chi connectivity index (χ3n) is 4.81. The van der Waals surface area contributed by atoms with Crippen molar-refractivity contribution in [1.29, 1.82) is 0 Å². The summed E-state index contributed by atoms with van der Waals surface area (Å²) in [5.41, 5.74) is 1.65. The van der Waals surface area contributed by atoms with Crippen molar-refractivity contribution in [2.24, 2.45) is 0 Å². The molecule has 6 nitrogen and oxygen atoms in total. The lowest BCUT2D eigenvalue weighted by molar-refractivity contribution is -0.115. The highest BCUT2D eigenvalue weighted by molar-refractivity contribution is 8.00. The maximum atomic E-state index is 12.8. The van der Waals surface area contributed by atoms with Crippen LogP contribution in [0.15, 0.2) is 71.6 Å². The molecule has 1 unspecified atom stereocenters. The Labute approximate surface area is 202 Å². The summed E-state index contributed by atoms with van der Waals surface area (Å²) in [7, 11) is 3.06. The minimum atomic E-state index is -0.321. The lowest BCUT2D eigenvalue weighted by atomic mass is 10.2. The Morgan fingerprint density at radius 2 is 1.70 bits per heavy atom. The highest BCUT2D eigenvalue weighted by Gasteiger charge is 2.19. The van der Waals surface area contributed by atoms with Crippen LogP contribution in [0.3, 0.4) is 0 Å². The SMILES string of the molecule is CCC(Sc1cccc(NC(=O)c2ccc(OC)c(OC)c2)c1)C(=O)Nc1ccccc1Cl. The molecule has 3 aromatic carbocycles. The van der Waals surface area contributed by atoms with Gasteiger partial charge in [-0.2, -0.15) is 0 Å². The molecule has 0 aliphatic carbocycles. The Bertz CT molecular complexity index is 1140. The molecule has 0 aliphatic heterocycles. The quantitative estimate of drug-likeness (QED) is 0.358. The molecule has 0 aromatic heterocycles. The summed E-state index contributed by atoms with van der Waals surface area (Å²) in [6, 6.07) is 19.5. The fourth-order valence-corrected chi connectivity index (χ4v) is 4.29. The largest absolute Gasteiger partial charge is 0.493 e. The Kier molecular flexibility index (Phi) is 8.63. The number of amides is 2. The zero-order valence-electron chi connectivity index (χ0n) is 18.6. The van der Waals surface area contributed by atoms with E-state index < -0.39 is 0 Å². The van der Waals surface area contributed by atoms with Crippen LogP contribution in [0.25, 0.3) is 0 Å². The lowest BCUT2D eigenvalue weighted by Gasteiger charge is -2.16. The first-order valence-corrected chi connectivity index (χ1v) is 11.6. The minimum absolute atomic E-state index is 0.129. The number of nitrogens with one attached hydrogen (secondary N) is 2. The third-order valence-corrected chi connectivity index (χ3v) is 6.50. The maximum Gasteiger partial charge on any atom is 0.255 e.